The maximum absolute atomic E-state index is 12.6. The minimum atomic E-state index is -0.364. The zero-order chi connectivity index (χ0) is 15.7. The van der Waals surface area contributed by atoms with Crippen LogP contribution in [-0.4, -0.2) is 29.4 Å². The van der Waals surface area contributed by atoms with Crippen molar-refractivity contribution >= 4 is 17.2 Å². The van der Waals surface area contributed by atoms with E-state index in [0.29, 0.717) is 6.54 Å². The molecule has 116 valence electrons. The molecule has 0 spiro atoms. The first-order valence-electron chi connectivity index (χ1n) is 7.00. The van der Waals surface area contributed by atoms with Crippen LogP contribution in [0.1, 0.15) is 40.1 Å². The number of hydrogen-bond donors (Lipinski definition) is 0. The van der Waals surface area contributed by atoms with E-state index in [0.717, 1.165) is 23.5 Å². The van der Waals surface area contributed by atoms with Gasteiger partial charge in [0.05, 0.1) is 23.9 Å². The Hall–Kier alpha value is -2.15. The quantitative estimate of drug-likeness (QED) is 0.868. The van der Waals surface area contributed by atoms with Crippen molar-refractivity contribution in [2.24, 2.45) is 0 Å². The highest BCUT2D eigenvalue weighted by molar-refractivity contribution is 7.09. The van der Waals surface area contributed by atoms with Crippen molar-refractivity contribution in [3.63, 3.8) is 0 Å². The van der Waals surface area contributed by atoms with E-state index in [2.05, 4.69) is 4.98 Å². The average Bonchev–Trinajstić information content (AvgIpc) is 3.14. The predicted octanol–water partition coefficient (Wildman–Crippen LogP) is 2.39. The van der Waals surface area contributed by atoms with Crippen molar-refractivity contribution in [2.45, 2.75) is 25.8 Å². The predicted molar refractivity (Wildman–Crippen MR) is 81.4 cm³/mol. The molecule has 0 aromatic carbocycles. The molecule has 22 heavy (non-hydrogen) atoms. The van der Waals surface area contributed by atoms with Gasteiger partial charge < -0.3 is 14.1 Å². The van der Waals surface area contributed by atoms with Gasteiger partial charge in [0.25, 0.3) is 5.91 Å². The molecule has 2 aromatic heterocycles. The van der Waals surface area contributed by atoms with Crippen LogP contribution in [0.5, 0.6) is 5.75 Å². The zero-order valence-corrected chi connectivity index (χ0v) is 13.2. The van der Waals surface area contributed by atoms with Crippen LogP contribution in [0.4, 0.5) is 0 Å². The fourth-order valence-electron chi connectivity index (χ4n) is 2.65. The number of carbonyl (C=O) groups is 1. The van der Waals surface area contributed by atoms with Crippen molar-refractivity contribution < 1.29 is 13.9 Å². The van der Waals surface area contributed by atoms with E-state index in [-0.39, 0.29) is 28.9 Å². The van der Waals surface area contributed by atoms with Gasteiger partial charge in [-0.05, 0) is 19.8 Å². The molecule has 3 rings (SSSR count). The number of methoxy groups -OCH3 is 1. The second-order valence-electron chi connectivity index (χ2n) is 5.12. The normalized spacial score (nSPS) is 17.7. The molecule has 6 nitrogen and oxygen atoms in total. The third-order valence-corrected chi connectivity index (χ3v) is 4.51. The van der Waals surface area contributed by atoms with Crippen LogP contribution in [0, 0.1) is 6.92 Å². The van der Waals surface area contributed by atoms with E-state index in [1.165, 1.54) is 19.4 Å². The number of carbonyl (C=O) groups excluding carboxylic acids is 1. The van der Waals surface area contributed by atoms with Gasteiger partial charge in [-0.2, -0.15) is 0 Å². The molecule has 1 saturated heterocycles. The molecule has 1 amide bonds. The van der Waals surface area contributed by atoms with Gasteiger partial charge in [0.2, 0.25) is 11.2 Å². The average molecular weight is 320 g/mol. The molecule has 0 N–H and O–H groups in total. The number of amides is 1. The van der Waals surface area contributed by atoms with E-state index in [1.807, 2.05) is 12.3 Å². The highest BCUT2D eigenvalue weighted by atomic mass is 32.1. The first kappa shape index (κ1) is 14.8. The maximum atomic E-state index is 12.6. The van der Waals surface area contributed by atoms with Crippen LogP contribution >= 0.6 is 11.3 Å². The second-order valence-corrected chi connectivity index (χ2v) is 6.19. The lowest BCUT2D eigenvalue weighted by Crippen LogP contribution is -2.31. The Bertz CT molecular complexity index is 752. The lowest BCUT2D eigenvalue weighted by Gasteiger charge is -2.22. The summed E-state index contributed by atoms with van der Waals surface area (Å²) in [6.07, 6.45) is 2.95. The lowest BCUT2D eigenvalue weighted by molar-refractivity contribution is 0.0697. The van der Waals surface area contributed by atoms with Crippen molar-refractivity contribution in [2.75, 3.05) is 13.7 Å². The van der Waals surface area contributed by atoms with Gasteiger partial charge in [0.15, 0.2) is 5.76 Å². The monoisotopic (exact) mass is 320 g/mol. The summed E-state index contributed by atoms with van der Waals surface area (Å²) >= 11 is 1.57. The van der Waals surface area contributed by atoms with Gasteiger partial charge in [-0.3, -0.25) is 9.59 Å². The number of aromatic nitrogens is 1. The maximum Gasteiger partial charge on any atom is 0.290 e. The summed E-state index contributed by atoms with van der Waals surface area (Å²) in [5.74, 6) is -0.165. The summed E-state index contributed by atoms with van der Waals surface area (Å²) in [5.41, 5.74) is 0.543. The number of hydrogen-bond acceptors (Lipinski definition) is 6. The highest BCUT2D eigenvalue weighted by Gasteiger charge is 2.33. The molecule has 0 unspecified atom stereocenters. The molecule has 1 atom stereocenters. The molecule has 0 radical (unpaired) electrons. The van der Waals surface area contributed by atoms with E-state index in [4.69, 9.17) is 9.15 Å². The van der Waals surface area contributed by atoms with Gasteiger partial charge in [0.1, 0.15) is 6.26 Å². The van der Waals surface area contributed by atoms with E-state index >= 15 is 0 Å². The SMILES string of the molecule is COc1coc(C(=O)N2CCC[C@@H]2c2csc(C)n2)cc1=O. The molecule has 0 aliphatic carbocycles. The molecular weight excluding hydrogens is 304 g/mol. The van der Waals surface area contributed by atoms with Crippen molar-refractivity contribution in [3.8, 4) is 5.75 Å². The van der Waals surface area contributed by atoms with Crippen LogP contribution in [0.25, 0.3) is 0 Å². The number of ether oxygens (including phenoxy) is 1. The fraction of sp³-hybridized carbons (Fsp3) is 0.400. The first-order chi connectivity index (χ1) is 10.6. The van der Waals surface area contributed by atoms with Crippen LogP contribution in [0.3, 0.4) is 0 Å². The smallest absolute Gasteiger partial charge is 0.290 e. The minimum absolute atomic E-state index is 0.0321. The summed E-state index contributed by atoms with van der Waals surface area (Å²) in [7, 11) is 1.38. The van der Waals surface area contributed by atoms with Gasteiger partial charge in [0, 0.05) is 18.0 Å². The third-order valence-electron chi connectivity index (χ3n) is 3.72. The Labute approximate surface area is 131 Å². The lowest BCUT2D eigenvalue weighted by atomic mass is 10.1. The first-order valence-corrected chi connectivity index (χ1v) is 7.88. The number of aryl methyl sites for hydroxylation is 1. The fourth-order valence-corrected chi connectivity index (χ4v) is 3.31. The van der Waals surface area contributed by atoms with Crippen LogP contribution < -0.4 is 10.2 Å². The Kier molecular flexibility index (Phi) is 3.98. The minimum Gasteiger partial charge on any atom is -0.490 e. The van der Waals surface area contributed by atoms with Crippen molar-refractivity contribution in [1.29, 1.82) is 0 Å². The molecular formula is C15H16N2O4S. The number of nitrogens with zero attached hydrogens (tertiary/aromatic N) is 2. The number of rotatable bonds is 3. The van der Waals surface area contributed by atoms with Gasteiger partial charge in [-0.25, -0.2) is 4.98 Å². The Morgan fingerprint density at radius 1 is 1.55 bits per heavy atom. The molecule has 7 heteroatoms. The van der Waals surface area contributed by atoms with Crippen LogP contribution in [-0.2, 0) is 0 Å². The summed E-state index contributed by atoms with van der Waals surface area (Å²) < 4.78 is 10.1. The molecule has 3 heterocycles. The Balaban J connectivity index is 1.87. The summed E-state index contributed by atoms with van der Waals surface area (Å²) in [6.45, 7) is 2.58. The van der Waals surface area contributed by atoms with Gasteiger partial charge >= 0.3 is 0 Å². The van der Waals surface area contributed by atoms with Crippen LogP contribution in [0.2, 0.25) is 0 Å². The highest BCUT2D eigenvalue weighted by Crippen LogP contribution is 2.33. The van der Waals surface area contributed by atoms with Gasteiger partial charge in [-0.15, -0.1) is 11.3 Å². The molecule has 1 aliphatic heterocycles. The Morgan fingerprint density at radius 2 is 2.36 bits per heavy atom. The van der Waals surface area contributed by atoms with Crippen molar-refractivity contribution in [1.82, 2.24) is 9.88 Å². The topological polar surface area (TPSA) is 72.6 Å². The summed E-state index contributed by atoms with van der Waals surface area (Å²) in [5, 5.41) is 2.96. The van der Waals surface area contributed by atoms with Crippen LogP contribution in [0.15, 0.2) is 26.9 Å². The van der Waals surface area contributed by atoms with E-state index in [1.54, 1.807) is 16.2 Å². The standard InChI is InChI=1S/C15H16N2O4S/c1-9-16-10(8-22-9)11-4-3-5-17(11)15(19)13-6-12(18)14(20-2)7-21-13/h6-8,11H,3-5H2,1-2H3/t11-/m1/s1. The summed E-state index contributed by atoms with van der Waals surface area (Å²) in [4.78, 5) is 30.6. The number of likely N-dealkylation sites (tertiary alicyclic amines) is 1. The Morgan fingerprint density at radius 3 is 3.00 bits per heavy atom. The van der Waals surface area contributed by atoms with E-state index in [9.17, 15) is 9.59 Å². The largest absolute Gasteiger partial charge is 0.490 e. The zero-order valence-electron chi connectivity index (χ0n) is 12.4. The molecule has 0 bridgehead atoms. The molecule has 1 aliphatic rings. The summed E-state index contributed by atoms with van der Waals surface area (Å²) in [6, 6.07) is 1.13. The third kappa shape index (κ3) is 2.64. The molecule has 1 fully saturated rings. The van der Waals surface area contributed by atoms with Gasteiger partial charge in [-0.1, -0.05) is 0 Å². The second kappa shape index (κ2) is 5.92. The molecule has 0 saturated carbocycles. The van der Waals surface area contributed by atoms with E-state index < -0.39 is 0 Å². The molecule has 2 aromatic rings. The van der Waals surface area contributed by atoms with Crippen molar-refractivity contribution in [3.05, 3.63) is 44.4 Å². The number of thiazole rings is 1.